The molecule has 7 nitrogen and oxygen atoms in total. The van der Waals surface area contributed by atoms with Crippen LogP contribution >= 0.6 is 0 Å². The van der Waals surface area contributed by atoms with Crippen LogP contribution in [0.3, 0.4) is 0 Å². The smallest absolute Gasteiger partial charge is 0.332 e. The molecule has 144 valence electrons. The molecule has 9 heteroatoms. The number of aromatic nitrogens is 2. The first-order valence-electron chi connectivity index (χ1n) is 8.46. The highest BCUT2D eigenvalue weighted by Gasteiger charge is 2.28. The SMILES string of the molecule is CCN(c1cccc(C)c1)c1ncnc(Nc2cc(F)ccc2F)c1[N+](=O)[O-]. The van der Waals surface area contributed by atoms with Crippen LogP contribution in [0.5, 0.6) is 0 Å². The number of nitro groups is 1. The highest BCUT2D eigenvalue weighted by molar-refractivity contribution is 5.78. The number of halogens is 2. The van der Waals surface area contributed by atoms with Crippen LogP contribution in [-0.4, -0.2) is 21.4 Å². The van der Waals surface area contributed by atoms with Gasteiger partial charge >= 0.3 is 5.69 Å². The Hall–Kier alpha value is -3.62. The van der Waals surface area contributed by atoms with Crippen molar-refractivity contribution in [2.45, 2.75) is 13.8 Å². The van der Waals surface area contributed by atoms with Crippen LogP contribution in [0, 0.1) is 28.7 Å². The van der Waals surface area contributed by atoms with E-state index in [-0.39, 0.29) is 17.3 Å². The number of benzene rings is 2. The molecule has 0 bridgehead atoms. The van der Waals surface area contributed by atoms with Crippen LogP contribution in [0.15, 0.2) is 48.8 Å². The van der Waals surface area contributed by atoms with Gasteiger partial charge in [-0.1, -0.05) is 12.1 Å². The van der Waals surface area contributed by atoms with Gasteiger partial charge in [-0.15, -0.1) is 0 Å². The largest absolute Gasteiger partial charge is 0.354 e. The molecule has 0 saturated heterocycles. The number of hydrogen-bond donors (Lipinski definition) is 1. The van der Waals surface area contributed by atoms with Crippen LogP contribution in [0.1, 0.15) is 12.5 Å². The lowest BCUT2D eigenvalue weighted by atomic mass is 10.2. The predicted molar refractivity (Wildman–Crippen MR) is 102 cm³/mol. The summed E-state index contributed by atoms with van der Waals surface area (Å²) in [6.07, 6.45) is 1.14. The van der Waals surface area contributed by atoms with E-state index in [1.54, 1.807) is 4.90 Å². The van der Waals surface area contributed by atoms with Crippen molar-refractivity contribution in [1.82, 2.24) is 9.97 Å². The molecule has 0 unspecified atom stereocenters. The van der Waals surface area contributed by atoms with E-state index >= 15 is 0 Å². The lowest BCUT2D eigenvalue weighted by Gasteiger charge is -2.22. The standard InChI is InChI=1S/C19H17F2N5O2/c1-3-25(14-6-4-5-12(2)9-14)19-17(26(27)28)18(22-11-23-19)24-16-10-13(20)7-8-15(16)21/h4-11H,3H2,1-2H3,(H,22,23,24). The molecule has 0 aliphatic heterocycles. The van der Waals surface area contributed by atoms with Gasteiger partial charge in [-0.3, -0.25) is 10.1 Å². The Labute approximate surface area is 159 Å². The molecule has 1 aromatic heterocycles. The molecule has 1 heterocycles. The molecule has 0 fully saturated rings. The van der Waals surface area contributed by atoms with Crippen molar-refractivity contribution in [1.29, 1.82) is 0 Å². The fourth-order valence-electron chi connectivity index (χ4n) is 2.80. The van der Waals surface area contributed by atoms with E-state index in [0.29, 0.717) is 12.2 Å². The third-order valence-electron chi connectivity index (χ3n) is 4.05. The summed E-state index contributed by atoms with van der Waals surface area (Å²) in [6.45, 7) is 4.13. The summed E-state index contributed by atoms with van der Waals surface area (Å²) in [7, 11) is 0. The van der Waals surface area contributed by atoms with E-state index in [2.05, 4.69) is 15.3 Å². The van der Waals surface area contributed by atoms with Crippen LogP contribution < -0.4 is 10.2 Å². The molecule has 0 radical (unpaired) electrons. The van der Waals surface area contributed by atoms with Crippen molar-refractivity contribution >= 4 is 28.7 Å². The van der Waals surface area contributed by atoms with Gasteiger partial charge in [-0.25, -0.2) is 18.7 Å². The minimum Gasteiger partial charge on any atom is -0.332 e. The molecule has 0 saturated carbocycles. The van der Waals surface area contributed by atoms with E-state index in [1.807, 2.05) is 38.1 Å². The number of nitrogens with zero attached hydrogens (tertiary/aromatic N) is 4. The first kappa shape index (κ1) is 19.2. The second-order valence-corrected chi connectivity index (χ2v) is 5.98. The zero-order chi connectivity index (χ0) is 20.3. The Morgan fingerprint density at radius 2 is 1.96 bits per heavy atom. The summed E-state index contributed by atoms with van der Waals surface area (Å²) in [4.78, 5) is 20.8. The molecule has 28 heavy (non-hydrogen) atoms. The Balaban J connectivity index is 2.11. The maximum atomic E-state index is 14.0. The number of aryl methyl sites for hydroxylation is 1. The van der Waals surface area contributed by atoms with E-state index in [1.165, 1.54) is 0 Å². The summed E-state index contributed by atoms with van der Waals surface area (Å²) in [5, 5.41) is 14.3. The van der Waals surface area contributed by atoms with Gasteiger partial charge in [0, 0.05) is 18.3 Å². The Morgan fingerprint density at radius 3 is 2.64 bits per heavy atom. The summed E-state index contributed by atoms with van der Waals surface area (Å²) < 4.78 is 27.4. The number of hydrogen-bond acceptors (Lipinski definition) is 6. The fourth-order valence-corrected chi connectivity index (χ4v) is 2.80. The average Bonchev–Trinajstić information content (AvgIpc) is 2.65. The minimum absolute atomic E-state index is 0.0485. The number of rotatable bonds is 6. The van der Waals surface area contributed by atoms with Gasteiger partial charge in [-0.2, -0.15) is 0 Å². The van der Waals surface area contributed by atoms with Gasteiger partial charge in [0.1, 0.15) is 18.0 Å². The quantitative estimate of drug-likeness (QED) is 0.481. The normalized spacial score (nSPS) is 10.6. The monoisotopic (exact) mass is 385 g/mol. The van der Waals surface area contributed by atoms with E-state index in [9.17, 15) is 18.9 Å². The van der Waals surface area contributed by atoms with E-state index in [0.717, 1.165) is 30.1 Å². The maximum Gasteiger partial charge on any atom is 0.354 e. The van der Waals surface area contributed by atoms with Crippen molar-refractivity contribution in [3.63, 3.8) is 0 Å². The molecule has 3 rings (SSSR count). The van der Waals surface area contributed by atoms with Gasteiger partial charge in [0.25, 0.3) is 0 Å². The van der Waals surface area contributed by atoms with Crippen molar-refractivity contribution in [3.8, 4) is 0 Å². The molecule has 0 spiro atoms. The molecule has 0 aliphatic rings. The van der Waals surface area contributed by atoms with Gasteiger partial charge < -0.3 is 10.2 Å². The second-order valence-electron chi connectivity index (χ2n) is 5.98. The van der Waals surface area contributed by atoms with E-state index in [4.69, 9.17) is 0 Å². The zero-order valence-electron chi connectivity index (χ0n) is 15.2. The number of anilines is 4. The topological polar surface area (TPSA) is 84.2 Å². The molecular weight excluding hydrogens is 368 g/mol. The van der Waals surface area contributed by atoms with Crippen molar-refractivity contribution in [2.75, 3.05) is 16.8 Å². The molecule has 2 aromatic carbocycles. The molecular formula is C19H17F2N5O2. The third kappa shape index (κ3) is 3.88. The highest BCUT2D eigenvalue weighted by atomic mass is 19.1. The van der Waals surface area contributed by atoms with Crippen LogP contribution in [0.2, 0.25) is 0 Å². The summed E-state index contributed by atoms with van der Waals surface area (Å²) in [5.41, 5.74) is 1.00. The lowest BCUT2D eigenvalue weighted by molar-refractivity contribution is -0.383. The molecule has 0 amide bonds. The van der Waals surface area contributed by atoms with Crippen LogP contribution in [0.25, 0.3) is 0 Å². The first-order valence-corrected chi connectivity index (χ1v) is 8.46. The molecule has 3 aromatic rings. The fraction of sp³-hybridized carbons (Fsp3) is 0.158. The van der Waals surface area contributed by atoms with Crippen molar-refractivity contribution < 1.29 is 13.7 Å². The first-order chi connectivity index (χ1) is 13.4. The van der Waals surface area contributed by atoms with Gasteiger partial charge in [-0.05, 0) is 43.7 Å². The molecule has 1 N–H and O–H groups in total. The predicted octanol–water partition coefficient (Wildman–Crippen LogP) is 4.87. The molecule has 0 aliphatic carbocycles. The number of nitrogens with one attached hydrogen (secondary N) is 1. The van der Waals surface area contributed by atoms with E-state index < -0.39 is 22.2 Å². The Kier molecular flexibility index (Phi) is 5.44. The zero-order valence-corrected chi connectivity index (χ0v) is 15.2. The van der Waals surface area contributed by atoms with Crippen LogP contribution in [0.4, 0.5) is 37.5 Å². The van der Waals surface area contributed by atoms with Gasteiger partial charge in [0.2, 0.25) is 11.6 Å². The van der Waals surface area contributed by atoms with Crippen molar-refractivity contribution in [3.05, 3.63) is 76.1 Å². The minimum atomic E-state index is -0.762. The third-order valence-corrected chi connectivity index (χ3v) is 4.05. The molecule has 0 atom stereocenters. The second kappa shape index (κ2) is 7.95. The summed E-state index contributed by atoms with van der Waals surface area (Å²) in [6, 6.07) is 10.2. The van der Waals surface area contributed by atoms with Crippen molar-refractivity contribution in [2.24, 2.45) is 0 Å². The average molecular weight is 385 g/mol. The summed E-state index contributed by atoms with van der Waals surface area (Å²) >= 11 is 0. The lowest BCUT2D eigenvalue weighted by Crippen LogP contribution is -2.20. The van der Waals surface area contributed by atoms with Gasteiger partial charge in [0.05, 0.1) is 10.6 Å². The Morgan fingerprint density at radius 1 is 1.18 bits per heavy atom. The maximum absolute atomic E-state index is 14.0. The summed E-state index contributed by atoms with van der Waals surface area (Å²) in [5.74, 6) is -1.63. The Bertz CT molecular complexity index is 1030. The van der Waals surface area contributed by atoms with Crippen LogP contribution in [-0.2, 0) is 0 Å². The van der Waals surface area contributed by atoms with Gasteiger partial charge in [0.15, 0.2) is 0 Å². The highest BCUT2D eigenvalue weighted by Crippen LogP contribution is 2.37.